The quantitative estimate of drug-likeness (QED) is 0.582. The number of thioether (sulfide) groups is 1. The van der Waals surface area contributed by atoms with E-state index >= 15 is 0 Å². The maximum absolute atomic E-state index is 12.8. The van der Waals surface area contributed by atoms with Crippen molar-refractivity contribution in [3.05, 3.63) is 82.0 Å². The van der Waals surface area contributed by atoms with Crippen molar-refractivity contribution in [2.45, 2.75) is 36.2 Å². The summed E-state index contributed by atoms with van der Waals surface area (Å²) in [5, 5.41) is 9.49. The number of allylic oxidation sites excluding steroid dienone is 2. The zero-order valence-electron chi connectivity index (χ0n) is 15.6. The highest BCUT2D eigenvalue weighted by atomic mass is 35.5. The number of carbonyl (C=O) groups excluding carboxylic acids is 1. The Kier molecular flexibility index (Phi) is 4.89. The molecule has 2 heterocycles. The molecule has 0 bridgehead atoms. The summed E-state index contributed by atoms with van der Waals surface area (Å²) in [7, 11) is 0. The second-order valence-corrected chi connectivity index (χ2v) is 8.56. The lowest BCUT2D eigenvalue weighted by Crippen LogP contribution is -2.31. The van der Waals surface area contributed by atoms with Gasteiger partial charge in [-0.15, -0.1) is 5.10 Å². The van der Waals surface area contributed by atoms with Gasteiger partial charge in [-0.3, -0.25) is 4.79 Å². The summed E-state index contributed by atoms with van der Waals surface area (Å²) in [6.07, 6.45) is 2.29. The molecule has 7 heteroatoms. The predicted octanol–water partition coefficient (Wildman–Crippen LogP) is 5.25. The van der Waals surface area contributed by atoms with Crippen LogP contribution in [0.4, 0.5) is 5.95 Å². The van der Waals surface area contributed by atoms with Gasteiger partial charge in [0.2, 0.25) is 11.1 Å². The molecule has 0 unspecified atom stereocenters. The zero-order chi connectivity index (χ0) is 19.8. The molecule has 0 amide bonds. The van der Waals surface area contributed by atoms with Crippen LogP contribution in [0.5, 0.6) is 0 Å². The molecule has 0 spiro atoms. The van der Waals surface area contributed by atoms with E-state index in [4.69, 9.17) is 21.7 Å². The van der Waals surface area contributed by atoms with Crippen molar-refractivity contribution in [3.63, 3.8) is 0 Å². The van der Waals surface area contributed by atoms with Crippen LogP contribution in [0.15, 0.2) is 71.0 Å². The maximum atomic E-state index is 12.8. The highest BCUT2D eigenvalue weighted by molar-refractivity contribution is 7.98. The Morgan fingerprint density at radius 1 is 1.10 bits per heavy atom. The summed E-state index contributed by atoms with van der Waals surface area (Å²) >= 11 is 7.68. The van der Waals surface area contributed by atoms with Crippen LogP contribution >= 0.6 is 23.4 Å². The molecule has 0 radical (unpaired) electrons. The van der Waals surface area contributed by atoms with E-state index in [1.807, 2.05) is 47.1 Å². The van der Waals surface area contributed by atoms with Crippen LogP contribution in [0.2, 0.25) is 5.02 Å². The summed E-state index contributed by atoms with van der Waals surface area (Å²) in [5.74, 6) is 1.66. The fourth-order valence-electron chi connectivity index (χ4n) is 3.87. The van der Waals surface area contributed by atoms with Crippen molar-refractivity contribution < 1.29 is 4.79 Å². The fourth-order valence-corrected chi connectivity index (χ4v) is 4.78. The number of benzene rings is 2. The lowest BCUT2D eigenvalue weighted by atomic mass is 9.85. The van der Waals surface area contributed by atoms with E-state index in [9.17, 15) is 4.79 Å². The third-order valence-corrected chi connectivity index (χ3v) is 6.41. The van der Waals surface area contributed by atoms with Gasteiger partial charge in [0.15, 0.2) is 5.78 Å². The number of fused-ring (bicyclic) bond motifs is 1. The summed E-state index contributed by atoms with van der Waals surface area (Å²) in [4.78, 5) is 17.5. The van der Waals surface area contributed by atoms with Crippen molar-refractivity contribution in [3.8, 4) is 0 Å². The molecule has 1 aliphatic carbocycles. The van der Waals surface area contributed by atoms with E-state index in [-0.39, 0.29) is 11.8 Å². The van der Waals surface area contributed by atoms with Crippen LogP contribution in [-0.2, 0) is 10.5 Å². The van der Waals surface area contributed by atoms with Crippen LogP contribution < -0.4 is 5.32 Å². The molecule has 3 aromatic rings. The number of anilines is 1. The van der Waals surface area contributed by atoms with Gasteiger partial charge >= 0.3 is 0 Å². The molecule has 1 atom stereocenters. The number of ketones is 1. The molecule has 2 aliphatic rings. The molecule has 2 aromatic carbocycles. The summed E-state index contributed by atoms with van der Waals surface area (Å²) in [5.41, 5.74) is 3.99. The third kappa shape index (κ3) is 3.58. The molecule has 5 rings (SSSR count). The summed E-state index contributed by atoms with van der Waals surface area (Å²) in [6, 6.07) is 17.6. The average Bonchev–Trinajstić information content (AvgIpc) is 3.15. The number of rotatable bonds is 4. The highest BCUT2D eigenvalue weighted by Crippen LogP contribution is 2.40. The molecule has 1 aliphatic heterocycles. The Balaban J connectivity index is 1.52. The van der Waals surface area contributed by atoms with Crippen LogP contribution in [0.25, 0.3) is 0 Å². The number of nitrogens with zero attached hydrogens (tertiary/aromatic N) is 3. The third-order valence-electron chi connectivity index (χ3n) is 5.25. The monoisotopic (exact) mass is 422 g/mol. The van der Waals surface area contributed by atoms with Crippen LogP contribution in [0, 0.1) is 0 Å². The van der Waals surface area contributed by atoms with E-state index in [0.29, 0.717) is 22.5 Å². The first-order valence-electron chi connectivity index (χ1n) is 9.61. The largest absolute Gasteiger partial charge is 0.328 e. The van der Waals surface area contributed by atoms with Crippen molar-refractivity contribution in [2.24, 2.45) is 0 Å². The van der Waals surface area contributed by atoms with Gasteiger partial charge in [-0.2, -0.15) is 4.98 Å². The van der Waals surface area contributed by atoms with E-state index in [1.165, 1.54) is 5.56 Å². The Morgan fingerprint density at radius 3 is 2.69 bits per heavy atom. The Bertz CT molecular complexity index is 1090. The van der Waals surface area contributed by atoms with E-state index in [0.717, 1.165) is 35.4 Å². The predicted molar refractivity (Wildman–Crippen MR) is 115 cm³/mol. The molecule has 29 heavy (non-hydrogen) atoms. The number of halogens is 1. The van der Waals surface area contributed by atoms with Crippen molar-refractivity contribution in [2.75, 3.05) is 5.32 Å². The molecule has 0 saturated heterocycles. The molecule has 146 valence electrons. The SMILES string of the molecule is O=C1CCCC2=C1[C@H](c1ccc(Cl)cc1)n1nc(SCc3ccccc3)nc1N2. The average molecular weight is 423 g/mol. The first-order chi connectivity index (χ1) is 14.2. The standard InChI is InChI=1S/C22H19ClN4OS/c23-16-11-9-15(10-12-16)20-19-17(7-4-8-18(19)28)24-21-25-22(26-27(20)21)29-13-14-5-2-1-3-6-14/h1-3,5-6,9-12,20H,4,7-8,13H2,(H,24,25,26)/t20-/m0/s1. The number of nitrogens with one attached hydrogen (secondary N) is 1. The van der Waals surface area contributed by atoms with Crippen LogP contribution in [0.1, 0.15) is 36.4 Å². The lowest BCUT2D eigenvalue weighted by molar-refractivity contribution is -0.116. The molecular weight excluding hydrogens is 404 g/mol. The molecule has 0 saturated carbocycles. The highest BCUT2D eigenvalue weighted by Gasteiger charge is 2.36. The van der Waals surface area contributed by atoms with E-state index in [2.05, 4.69) is 17.4 Å². The first kappa shape index (κ1) is 18.5. The van der Waals surface area contributed by atoms with Gasteiger partial charge in [0.25, 0.3) is 0 Å². The Morgan fingerprint density at radius 2 is 1.90 bits per heavy atom. The Hall–Kier alpha value is -2.57. The topological polar surface area (TPSA) is 59.8 Å². The van der Waals surface area contributed by atoms with Gasteiger partial charge < -0.3 is 5.32 Å². The van der Waals surface area contributed by atoms with Crippen LogP contribution in [0.3, 0.4) is 0 Å². The van der Waals surface area contributed by atoms with Crippen molar-refractivity contribution in [1.82, 2.24) is 14.8 Å². The molecule has 5 nitrogen and oxygen atoms in total. The minimum absolute atomic E-state index is 0.179. The van der Waals surface area contributed by atoms with E-state index in [1.54, 1.807) is 11.8 Å². The van der Waals surface area contributed by atoms with Gasteiger partial charge in [0.05, 0.1) is 0 Å². The number of carbonyl (C=O) groups is 1. The van der Waals surface area contributed by atoms with Gasteiger partial charge in [0.1, 0.15) is 6.04 Å². The van der Waals surface area contributed by atoms with Gasteiger partial charge in [-0.1, -0.05) is 65.8 Å². The molecule has 1 N–H and O–H groups in total. The molecule has 0 fully saturated rings. The maximum Gasteiger partial charge on any atom is 0.227 e. The summed E-state index contributed by atoms with van der Waals surface area (Å²) in [6.45, 7) is 0. The lowest BCUT2D eigenvalue weighted by Gasteiger charge is -2.32. The molecular formula is C22H19ClN4OS. The normalized spacial score (nSPS) is 18.2. The minimum atomic E-state index is -0.273. The smallest absolute Gasteiger partial charge is 0.227 e. The van der Waals surface area contributed by atoms with Crippen molar-refractivity contribution in [1.29, 1.82) is 0 Å². The second kappa shape index (κ2) is 7.69. The number of aromatic nitrogens is 3. The fraction of sp³-hybridized carbons (Fsp3) is 0.227. The van der Waals surface area contributed by atoms with Gasteiger partial charge in [-0.05, 0) is 36.1 Å². The second-order valence-electron chi connectivity index (χ2n) is 7.18. The number of Topliss-reactive ketones (excluding diaryl/α,β-unsaturated/α-hetero) is 1. The van der Waals surface area contributed by atoms with Crippen molar-refractivity contribution >= 4 is 35.1 Å². The number of hydrogen-bond acceptors (Lipinski definition) is 5. The van der Waals surface area contributed by atoms with Gasteiger partial charge in [0, 0.05) is 28.5 Å². The first-order valence-corrected chi connectivity index (χ1v) is 11.0. The van der Waals surface area contributed by atoms with E-state index < -0.39 is 0 Å². The zero-order valence-corrected chi connectivity index (χ0v) is 17.2. The minimum Gasteiger partial charge on any atom is -0.328 e. The van der Waals surface area contributed by atoms with Crippen LogP contribution in [-0.4, -0.2) is 20.5 Å². The molecule has 1 aromatic heterocycles. The summed E-state index contributed by atoms with van der Waals surface area (Å²) < 4.78 is 1.85. The van der Waals surface area contributed by atoms with Gasteiger partial charge in [-0.25, -0.2) is 4.68 Å². The number of hydrogen-bond donors (Lipinski definition) is 1. The Labute approximate surface area is 178 Å².